The predicted molar refractivity (Wildman–Crippen MR) is 83.7 cm³/mol. The zero-order valence-electron chi connectivity index (χ0n) is 13.0. The van der Waals surface area contributed by atoms with Crippen LogP contribution in [0.2, 0.25) is 0 Å². The van der Waals surface area contributed by atoms with E-state index in [-0.39, 0.29) is 17.6 Å². The van der Waals surface area contributed by atoms with E-state index >= 15 is 0 Å². The quantitative estimate of drug-likeness (QED) is 0.730. The summed E-state index contributed by atoms with van der Waals surface area (Å²) >= 11 is 0. The molecule has 1 fully saturated rings. The molecule has 0 heterocycles. The van der Waals surface area contributed by atoms with E-state index in [9.17, 15) is 18.7 Å². The largest absolute Gasteiger partial charge is 0.481 e. The second-order valence-electron chi connectivity index (χ2n) is 6.03. The third kappa shape index (κ3) is 4.78. The van der Waals surface area contributed by atoms with Crippen molar-refractivity contribution in [3.8, 4) is 5.75 Å². The van der Waals surface area contributed by atoms with Gasteiger partial charge in [-0.1, -0.05) is 18.2 Å². The van der Waals surface area contributed by atoms with Crippen LogP contribution in [0, 0.1) is 11.8 Å². The summed E-state index contributed by atoms with van der Waals surface area (Å²) in [4.78, 5) is 11.3. The van der Waals surface area contributed by atoms with Crippen LogP contribution in [-0.4, -0.2) is 17.7 Å². The molecular formula is C18H22F2O3. The van der Waals surface area contributed by atoms with Crippen LogP contribution in [0.4, 0.5) is 8.78 Å². The predicted octanol–water partition coefficient (Wildman–Crippen LogP) is 4.84. The molecule has 1 aromatic rings. The van der Waals surface area contributed by atoms with Gasteiger partial charge in [0.05, 0.1) is 5.92 Å². The van der Waals surface area contributed by atoms with Crippen LogP contribution in [0.1, 0.15) is 43.6 Å². The van der Waals surface area contributed by atoms with Crippen molar-refractivity contribution < 1.29 is 23.4 Å². The van der Waals surface area contributed by atoms with Gasteiger partial charge in [0.15, 0.2) is 0 Å². The highest BCUT2D eigenvalue weighted by atomic mass is 19.3. The molecule has 3 nitrogen and oxygen atoms in total. The van der Waals surface area contributed by atoms with Gasteiger partial charge in [0.25, 0.3) is 0 Å². The molecule has 0 radical (unpaired) electrons. The SMILES string of the molecule is C=CCC(C(=O)O)C1CCC(c2ccc(OC(F)F)cc2)CC1. The Morgan fingerprint density at radius 1 is 1.26 bits per heavy atom. The van der Waals surface area contributed by atoms with Gasteiger partial charge < -0.3 is 9.84 Å². The average molecular weight is 324 g/mol. The molecule has 1 aromatic carbocycles. The van der Waals surface area contributed by atoms with Crippen molar-refractivity contribution in [1.82, 2.24) is 0 Å². The maximum Gasteiger partial charge on any atom is 0.387 e. The zero-order valence-corrected chi connectivity index (χ0v) is 13.0. The molecule has 5 heteroatoms. The minimum absolute atomic E-state index is 0.161. The first-order chi connectivity index (χ1) is 11.0. The van der Waals surface area contributed by atoms with Crippen LogP contribution in [0.15, 0.2) is 36.9 Å². The summed E-state index contributed by atoms with van der Waals surface area (Å²) in [6.45, 7) is 0.829. The number of carboxylic acids is 1. The first-order valence-electron chi connectivity index (χ1n) is 7.89. The molecule has 1 saturated carbocycles. The number of alkyl halides is 2. The van der Waals surface area contributed by atoms with E-state index in [1.807, 2.05) is 12.1 Å². The summed E-state index contributed by atoms with van der Waals surface area (Å²) in [5.41, 5.74) is 1.10. The molecule has 126 valence electrons. The molecule has 0 bridgehead atoms. The zero-order chi connectivity index (χ0) is 16.8. The Morgan fingerprint density at radius 3 is 2.35 bits per heavy atom. The highest BCUT2D eigenvalue weighted by Crippen LogP contribution is 2.40. The van der Waals surface area contributed by atoms with E-state index in [0.717, 1.165) is 31.2 Å². The third-order valence-corrected chi connectivity index (χ3v) is 4.66. The second-order valence-corrected chi connectivity index (χ2v) is 6.03. The Kier molecular flexibility index (Phi) is 6.13. The van der Waals surface area contributed by atoms with E-state index in [0.29, 0.717) is 12.3 Å². The standard InChI is InChI=1S/C18H22F2O3/c1-2-3-16(17(21)22)14-6-4-12(5-7-14)13-8-10-15(11-9-13)23-18(19)20/h2,8-12,14,16,18H,1,3-7H2,(H,21,22). The number of rotatable bonds is 7. The summed E-state index contributed by atoms with van der Waals surface area (Å²) in [6.07, 6.45) is 5.74. The van der Waals surface area contributed by atoms with Gasteiger partial charge in [-0.25, -0.2) is 0 Å². The van der Waals surface area contributed by atoms with E-state index < -0.39 is 12.6 Å². The highest BCUT2D eigenvalue weighted by molar-refractivity contribution is 5.70. The number of aliphatic carboxylic acids is 1. The molecule has 2 rings (SSSR count). The van der Waals surface area contributed by atoms with Crippen molar-refractivity contribution >= 4 is 5.97 Å². The van der Waals surface area contributed by atoms with Gasteiger partial charge >= 0.3 is 12.6 Å². The number of hydrogen-bond acceptors (Lipinski definition) is 2. The number of ether oxygens (including phenoxy) is 1. The van der Waals surface area contributed by atoms with Crippen LogP contribution in [0.5, 0.6) is 5.75 Å². The Labute approximate surface area is 135 Å². The maximum atomic E-state index is 12.1. The first-order valence-corrected chi connectivity index (χ1v) is 7.89. The molecular weight excluding hydrogens is 302 g/mol. The van der Waals surface area contributed by atoms with E-state index in [1.165, 1.54) is 0 Å². The molecule has 0 amide bonds. The summed E-state index contributed by atoms with van der Waals surface area (Å²) in [7, 11) is 0. The van der Waals surface area contributed by atoms with Crippen molar-refractivity contribution in [2.75, 3.05) is 0 Å². The monoisotopic (exact) mass is 324 g/mol. The van der Waals surface area contributed by atoms with E-state index in [4.69, 9.17) is 0 Å². The van der Waals surface area contributed by atoms with Crippen molar-refractivity contribution in [3.63, 3.8) is 0 Å². The highest BCUT2D eigenvalue weighted by Gasteiger charge is 2.31. The number of hydrogen-bond donors (Lipinski definition) is 1. The van der Waals surface area contributed by atoms with Gasteiger partial charge in [-0.2, -0.15) is 8.78 Å². The molecule has 23 heavy (non-hydrogen) atoms. The fourth-order valence-electron chi connectivity index (χ4n) is 3.45. The maximum absolute atomic E-state index is 12.1. The van der Waals surface area contributed by atoms with Crippen LogP contribution in [-0.2, 0) is 4.79 Å². The Balaban J connectivity index is 1.93. The second kappa shape index (κ2) is 8.09. The van der Waals surface area contributed by atoms with Gasteiger partial charge in [-0.15, -0.1) is 6.58 Å². The Morgan fingerprint density at radius 2 is 1.87 bits per heavy atom. The minimum atomic E-state index is -2.81. The number of carbonyl (C=O) groups is 1. The Hall–Kier alpha value is -1.91. The van der Waals surface area contributed by atoms with Gasteiger partial charge in [-0.05, 0) is 61.6 Å². The molecule has 1 unspecified atom stereocenters. The normalized spacial score (nSPS) is 22.6. The van der Waals surface area contributed by atoms with Crippen LogP contribution in [0.3, 0.4) is 0 Å². The van der Waals surface area contributed by atoms with Gasteiger partial charge in [-0.3, -0.25) is 4.79 Å². The summed E-state index contributed by atoms with van der Waals surface area (Å²) in [5.74, 6) is -0.403. The van der Waals surface area contributed by atoms with E-state index in [1.54, 1.807) is 18.2 Å². The molecule has 1 atom stereocenters. The van der Waals surface area contributed by atoms with Crippen molar-refractivity contribution in [1.29, 1.82) is 0 Å². The number of allylic oxidation sites excluding steroid dienone is 1. The van der Waals surface area contributed by atoms with Gasteiger partial charge in [0.2, 0.25) is 0 Å². The fourth-order valence-corrected chi connectivity index (χ4v) is 3.45. The summed E-state index contributed by atoms with van der Waals surface area (Å²) in [5, 5.41) is 9.32. The number of halogens is 2. The number of benzene rings is 1. The fraction of sp³-hybridized carbons (Fsp3) is 0.500. The van der Waals surface area contributed by atoms with Crippen molar-refractivity contribution in [2.45, 2.75) is 44.6 Å². The molecule has 1 N–H and O–H groups in total. The lowest BCUT2D eigenvalue weighted by atomic mass is 9.73. The van der Waals surface area contributed by atoms with Crippen LogP contribution >= 0.6 is 0 Å². The minimum Gasteiger partial charge on any atom is -0.481 e. The first kappa shape index (κ1) is 17.4. The molecule has 0 aliphatic heterocycles. The summed E-state index contributed by atoms with van der Waals surface area (Å²) in [6, 6.07) is 6.76. The lowest BCUT2D eigenvalue weighted by Crippen LogP contribution is -2.26. The average Bonchev–Trinajstić information content (AvgIpc) is 2.53. The number of carboxylic acid groups (broad SMARTS) is 1. The third-order valence-electron chi connectivity index (χ3n) is 4.66. The van der Waals surface area contributed by atoms with Crippen molar-refractivity contribution in [2.24, 2.45) is 11.8 Å². The Bertz CT molecular complexity index is 520. The smallest absolute Gasteiger partial charge is 0.387 e. The lowest BCUT2D eigenvalue weighted by Gasteiger charge is -2.32. The molecule has 0 spiro atoms. The molecule has 1 aliphatic rings. The van der Waals surface area contributed by atoms with Crippen molar-refractivity contribution in [3.05, 3.63) is 42.5 Å². The van der Waals surface area contributed by atoms with Crippen LogP contribution < -0.4 is 4.74 Å². The van der Waals surface area contributed by atoms with Crippen LogP contribution in [0.25, 0.3) is 0 Å². The van der Waals surface area contributed by atoms with Gasteiger partial charge in [0.1, 0.15) is 5.75 Å². The topological polar surface area (TPSA) is 46.5 Å². The molecule has 0 aromatic heterocycles. The summed E-state index contributed by atoms with van der Waals surface area (Å²) < 4.78 is 28.6. The lowest BCUT2D eigenvalue weighted by molar-refractivity contribution is -0.144. The molecule has 1 aliphatic carbocycles. The van der Waals surface area contributed by atoms with E-state index in [2.05, 4.69) is 11.3 Å². The van der Waals surface area contributed by atoms with Gasteiger partial charge in [0, 0.05) is 0 Å². The molecule has 0 saturated heterocycles.